The highest BCUT2D eigenvalue weighted by Crippen LogP contribution is 2.29. The molecule has 0 aliphatic rings. The highest BCUT2D eigenvalue weighted by molar-refractivity contribution is 7.89. The number of alkyl halides is 3. The summed E-state index contributed by atoms with van der Waals surface area (Å²) in [6.07, 6.45) is -3.65. The summed E-state index contributed by atoms with van der Waals surface area (Å²) in [5, 5.41) is 13.0. The molecule has 0 saturated carbocycles. The lowest BCUT2D eigenvalue weighted by Gasteiger charge is -2.26. The third kappa shape index (κ3) is 7.53. The third-order valence-electron chi connectivity index (χ3n) is 4.36. The summed E-state index contributed by atoms with van der Waals surface area (Å²) in [6.45, 7) is 1.67. The van der Waals surface area contributed by atoms with E-state index in [0.717, 1.165) is 18.4 Å². The van der Waals surface area contributed by atoms with Crippen molar-refractivity contribution in [3.05, 3.63) is 65.2 Å². The van der Waals surface area contributed by atoms with Crippen molar-refractivity contribution in [2.24, 2.45) is 0 Å². The maximum atomic E-state index is 12.6. The maximum Gasteiger partial charge on any atom is 0.416 e. The van der Waals surface area contributed by atoms with Crippen LogP contribution in [0.3, 0.4) is 0 Å². The number of hydrogen-bond acceptors (Lipinski definition) is 6. The number of hydrogen-bond donors (Lipinski definition) is 3. The van der Waals surface area contributed by atoms with Crippen molar-refractivity contribution >= 4 is 15.9 Å². The van der Waals surface area contributed by atoms with E-state index in [1.165, 1.54) is 19.1 Å². The van der Waals surface area contributed by atoms with Crippen molar-refractivity contribution in [3.63, 3.8) is 0 Å². The fourth-order valence-corrected chi connectivity index (χ4v) is 3.03. The minimum Gasteiger partial charge on any atom is -0.489 e. The van der Waals surface area contributed by atoms with Gasteiger partial charge in [-0.25, -0.2) is 13.1 Å². The van der Waals surface area contributed by atoms with E-state index in [-0.39, 0.29) is 19.6 Å². The van der Waals surface area contributed by atoms with Crippen LogP contribution in [-0.4, -0.2) is 31.4 Å². The number of sulfonamides is 1. The molecule has 2 aromatic carbocycles. The number of aliphatic hydroxyl groups is 1. The molecule has 11 heteroatoms. The summed E-state index contributed by atoms with van der Waals surface area (Å²) in [5.74, 6) is -0.599. The first kappa shape index (κ1) is 24.6. The van der Waals surface area contributed by atoms with Gasteiger partial charge in [0, 0.05) is 6.54 Å². The molecule has 0 aliphatic carbocycles. The van der Waals surface area contributed by atoms with Crippen LogP contribution in [0.2, 0.25) is 0 Å². The highest BCUT2D eigenvalue weighted by Gasteiger charge is 2.35. The molecule has 0 heterocycles. The highest BCUT2D eigenvalue weighted by atomic mass is 32.2. The Morgan fingerprint density at radius 2 is 1.58 bits per heavy atom. The summed E-state index contributed by atoms with van der Waals surface area (Å²) in [6, 6.07) is 11.2. The Hall–Kier alpha value is -2.63. The van der Waals surface area contributed by atoms with Crippen molar-refractivity contribution in [2.75, 3.05) is 6.26 Å². The predicted molar refractivity (Wildman–Crippen MR) is 107 cm³/mol. The van der Waals surface area contributed by atoms with E-state index >= 15 is 0 Å². The van der Waals surface area contributed by atoms with Gasteiger partial charge >= 0.3 is 6.18 Å². The van der Waals surface area contributed by atoms with Crippen LogP contribution < -0.4 is 14.8 Å². The first-order valence-corrected chi connectivity index (χ1v) is 11.1. The molecule has 2 aromatic rings. The van der Waals surface area contributed by atoms with Crippen LogP contribution in [0, 0.1) is 0 Å². The van der Waals surface area contributed by atoms with Gasteiger partial charge in [-0.15, -0.1) is 0 Å². The van der Waals surface area contributed by atoms with Crippen molar-refractivity contribution in [2.45, 2.75) is 38.4 Å². The molecule has 1 unspecified atom stereocenters. The molecule has 0 saturated heterocycles. The fourth-order valence-electron chi connectivity index (χ4n) is 2.53. The zero-order valence-electron chi connectivity index (χ0n) is 16.9. The van der Waals surface area contributed by atoms with Gasteiger partial charge in [-0.05, 0) is 41.8 Å². The largest absolute Gasteiger partial charge is 0.489 e. The molecule has 0 spiro atoms. The monoisotopic (exact) mass is 460 g/mol. The lowest BCUT2D eigenvalue weighted by Crippen LogP contribution is -2.57. The molecule has 2 rings (SSSR count). The SMILES string of the molecule is CCC(O)(NCc1ccc(OCc2ccc(C(F)(F)F)cc2)cc1)C(=O)NS(C)(=O)=O. The van der Waals surface area contributed by atoms with E-state index in [1.54, 1.807) is 29.0 Å². The van der Waals surface area contributed by atoms with E-state index in [2.05, 4.69) is 5.32 Å². The van der Waals surface area contributed by atoms with Gasteiger partial charge in [0.15, 0.2) is 5.72 Å². The van der Waals surface area contributed by atoms with Crippen molar-refractivity contribution in [3.8, 4) is 5.75 Å². The summed E-state index contributed by atoms with van der Waals surface area (Å²) in [5.41, 5.74) is -1.55. The Kier molecular flexibility index (Phi) is 7.68. The van der Waals surface area contributed by atoms with Gasteiger partial charge < -0.3 is 9.84 Å². The molecule has 0 aromatic heterocycles. The van der Waals surface area contributed by atoms with E-state index < -0.39 is 33.4 Å². The minimum atomic E-state index is -4.39. The molecule has 1 atom stereocenters. The summed E-state index contributed by atoms with van der Waals surface area (Å²) in [4.78, 5) is 12.0. The van der Waals surface area contributed by atoms with E-state index in [9.17, 15) is 31.5 Å². The number of carbonyl (C=O) groups is 1. The second-order valence-electron chi connectivity index (χ2n) is 6.90. The molecule has 170 valence electrons. The zero-order chi connectivity index (χ0) is 23.3. The summed E-state index contributed by atoms with van der Waals surface area (Å²) >= 11 is 0. The molecule has 7 nitrogen and oxygen atoms in total. The summed E-state index contributed by atoms with van der Waals surface area (Å²) < 4.78 is 67.5. The fraction of sp³-hybridized carbons (Fsp3) is 0.350. The number of benzene rings is 2. The first-order valence-electron chi connectivity index (χ1n) is 9.20. The molecular formula is C20H23F3N2O5S. The maximum absolute atomic E-state index is 12.6. The van der Waals surface area contributed by atoms with Gasteiger partial charge in [0.25, 0.3) is 5.91 Å². The van der Waals surface area contributed by atoms with Crippen molar-refractivity contribution in [1.29, 1.82) is 0 Å². The average Bonchev–Trinajstić information content (AvgIpc) is 2.69. The molecule has 0 radical (unpaired) electrons. The Labute approximate surface area is 178 Å². The topological polar surface area (TPSA) is 105 Å². The lowest BCUT2D eigenvalue weighted by atomic mass is 10.1. The third-order valence-corrected chi connectivity index (χ3v) is 4.92. The molecular weight excluding hydrogens is 437 g/mol. The molecule has 0 aliphatic heterocycles. The van der Waals surface area contributed by atoms with Crippen LogP contribution in [0.1, 0.15) is 30.0 Å². The van der Waals surface area contributed by atoms with Gasteiger partial charge in [-0.3, -0.25) is 10.1 Å². The number of rotatable bonds is 9. The van der Waals surface area contributed by atoms with E-state index in [1.807, 2.05) is 0 Å². The first-order chi connectivity index (χ1) is 14.3. The van der Waals surface area contributed by atoms with Crippen molar-refractivity contribution in [1.82, 2.24) is 10.0 Å². The molecule has 3 N–H and O–H groups in total. The molecule has 31 heavy (non-hydrogen) atoms. The Balaban J connectivity index is 1.92. The standard InChI is InChI=1S/C20H23F3N2O5S/c1-3-19(27,18(26)25-31(2,28)29)24-12-14-6-10-17(11-7-14)30-13-15-4-8-16(9-5-15)20(21,22)23/h4-11,24,27H,3,12-13H2,1-2H3,(H,25,26). The predicted octanol–water partition coefficient (Wildman–Crippen LogP) is 2.55. The summed E-state index contributed by atoms with van der Waals surface area (Å²) in [7, 11) is -3.82. The quantitative estimate of drug-likeness (QED) is 0.497. The van der Waals surface area contributed by atoms with Crippen LogP contribution in [0.25, 0.3) is 0 Å². The lowest BCUT2D eigenvalue weighted by molar-refractivity contribution is -0.142. The van der Waals surface area contributed by atoms with E-state index in [0.29, 0.717) is 16.9 Å². The number of halogens is 3. The molecule has 0 bridgehead atoms. The smallest absolute Gasteiger partial charge is 0.416 e. The number of amides is 1. The van der Waals surface area contributed by atoms with Crippen LogP contribution in [-0.2, 0) is 34.1 Å². The molecule has 0 fully saturated rings. The molecule has 1 amide bonds. The Bertz CT molecular complexity index is 993. The second kappa shape index (κ2) is 9.67. The van der Waals surface area contributed by atoms with Crippen LogP contribution >= 0.6 is 0 Å². The van der Waals surface area contributed by atoms with Gasteiger partial charge in [0.1, 0.15) is 12.4 Å². The van der Waals surface area contributed by atoms with E-state index in [4.69, 9.17) is 4.74 Å². The van der Waals surface area contributed by atoms with Crippen LogP contribution in [0.5, 0.6) is 5.75 Å². The van der Waals surface area contributed by atoms with Gasteiger partial charge in [-0.1, -0.05) is 31.2 Å². The normalized spacial score (nSPS) is 14.0. The van der Waals surface area contributed by atoms with Gasteiger partial charge in [-0.2, -0.15) is 13.2 Å². The number of nitrogens with one attached hydrogen (secondary N) is 2. The van der Waals surface area contributed by atoms with Crippen molar-refractivity contribution < 1.29 is 36.2 Å². The second-order valence-corrected chi connectivity index (χ2v) is 8.65. The Morgan fingerprint density at radius 3 is 2.06 bits per heavy atom. The number of carbonyl (C=O) groups excluding carboxylic acids is 1. The average molecular weight is 460 g/mol. The zero-order valence-corrected chi connectivity index (χ0v) is 17.7. The number of ether oxygens (including phenoxy) is 1. The van der Waals surface area contributed by atoms with Gasteiger partial charge in [0.2, 0.25) is 10.0 Å². The van der Waals surface area contributed by atoms with Gasteiger partial charge in [0.05, 0.1) is 11.8 Å². The minimum absolute atomic E-state index is 0.0668. The van der Waals surface area contributed by atoms with Crippen LogP contribution in [0.4, 0.5) is 13.2 Å². The Morgan fingerprint density at radius 1 is 1.03 bits per heavy atom. The van der Waals surface area contributed by atoms with Crippen LogP contribution in [0.15, 0.2) is 48.5 Å².